The van der Waals surface area contributed by atoms with Crippen LogP contribution in [0.4, 0.5) is 0 Å². The lowest BCUT2D eigenvalue weighted by atomic mass is 9.92. The molecule has 9 heteroatoms. The van der Waals surface area contributed by atoms with E-state index in [1.54, 1.807) is 18.2 Å². The highest BCUT2D eigenvalue weighted by molar-refractivity contribution is 6.30. The summed E-state index contributed by atoms with van der Waals surface area (Å²) in [7, 11) is 0. The summed E-state index contributed by atoms with van der Waals surface area (Å²) in [6.07, 6.45) is 3.55. The van der Waals surface area contributed by atoms with Crippen molar-refractivity contribution in [3.63, 3.8) is 0 Å². The number of fused-ring (bicyclic) bond motifs is 1. The Balaban J connectivity index is 1.39. The minimum atomic E-state index is -0.224. The molecule has 146 valence electrons. The summed E-state index contributed by atoms with van der Waals surface area (Å²) >= 11 is 5.95. The fourth-order valence-electron chi connectivity index (χ4n) is 4.15. The molecule has 2 unspecified atom stereocenters. The van der Waals surface area contributed by atoms with E-state index in [1.807, 2.05) is 12.1 Å². The molecule has 0 radical (unpaired) electrons. The maximum absolute atomic E-state index is 12.4. The monoisotopic (exact) mass is 400 g/mol. The summed E-state index contributed by atoms with van der Waals surface area (Å²) in [6.45, 7) is 2.58. The number of amides is 1. The highest BCUT2D eigenvalue weighted by Gasteiger charge is 2.43. The molecule has 0 saturated carbocycles. The van der Waals surface area contributed by atoms with Gasteiger partial charge in [-0.15, -0.1) is 0 Å². The van der Waals surface area contributed by atoms with E-state index >= 15 is 0 Å². The van der Waals surface area contributed by atoms with Crippen LogP contribution in [-0.4, -0.2) is 46.9 Å². The first-order valence-corrected chi connectivity index (χ1v) is 9.92. The third kappa shape index (κ3) is 3.17. The standard InChI is InChI=1S/C19H21ClN6O2/c20-13-3-1-12(2-4-13)19-24-17(25-28-19)14-10-22-26-15(9-16(27)23-18(14)26)11-5-7-21-8-6-11/h1-4,9,11,14,18,21-22H,5-8,10H2,(H,23,27). The fourth-order valence-corrected chi connectivity index (χ4v) is 4.28. The molecule has 2 saturated heterocycles. The molecular formula is C19H21ClN6O2. The number of carbonyl (C=O) groups excluding carboxylic acids is 1. The van der Waals surface area contributed by atoms with Crippen molar-refractivity contribution < 1.29 is 9.32 Å². The minimum absolute atomic E-state index is 0.0649. The zero-order valence-corrected chi connectivity index (χ0v) is 15.9. The largest absolute Gasteiger partial charge is 0.334 e. The molecule has 0 bridgehead atoms. The second-order valence-electron chi connectivity index (χ2n) is 7.35. The molecule has 1 aromatic heterocycles. The van der Waals surface area contributed by atoms with Crippen molar-refractivity contribution in [3.05, 3.63) is 46.9 Å². The molecule has 2 aromatic rings. The third-order valence-corrected chi connectivity index (χ3v) is 5.86. The van der Waals surface area contributed by atoms with Crippen LogP contribution in [0.5, 0.6) is 0 Å². The van der Waals surface area contributed by atoms with Gasteiger partial charge in [-0.3, -0.25) is 9.80 Å². The highest BCUT2D eigenvalue weighted by Crippen LogP contribution is 2.34. The lowest BCUT2D eigenvalue weighted by Gasteiger charge is -2.38. The average Bonchev–Trinajstić information content (AvgIpc) is 3.35. The van der Waals surface area contributed by atoms with E-state index in [0.29, 0.717) is 29.2 Å². The lowest BCUT2D eigenvalue weighted by molar-refractivity contribution is -0.119. The Hall–Kier alpha value is -2.42. The molecular weight excluding hydrogens is 380 g/mol. The van der Waals surface area contributed by atoms with E-state index in [2.05, 4.69) is 31.2 Å². The van der Waals surface area contributed by atoms with Crippen molar-refractivity contribution in [2.75, 3.05) is 19.6 Å². The van der Waals surface area contributed by atoms with Gasteiger partial charge in [0.1, 0.15) is 6.17 Å². The number of nitrogens with one attached hydrogen (secondary N) is 3. The van der Waals surface area contributed by atoms with Crippen molar-refractivity contribution in [3.8, 4) is 11.5 Å². The van der Waals surface area contributed by atoms with Gasteiger partial charge >= 0.3 is 0 Å². The van der Waals surface area contributed by atoms with Crippen molar-refractivity contribution in [1.82, 2.24) is 31.2 Å². The molecule has 3 N–H and O–H groups in total. The van der Waals surface area contributed by atoms with Crippen LogP contribution in [0.25, 0.3) is 11.5 Å². The number of piperidine rings is 1. The number of rotatable bonds is 3. The Morgan fingerprint density at radius 2 is 1.96 bits per heavy atom. The van der Waals surface area contributed by atoms with Gasteiger partial charge < -0.3 is 15.2 Å². The average molecular weight is 401 g/mol. The SMILES string of the molecule is O=C1C=C(C2CCNCC2)N2NCC(c3noc(-c4ccc(Cl)cc4)n3)C2N1. The van der Waals surface area contributed by atoms with Crippen molar-refractivity contribution >= 4 is 17.5 Å². The van der Waals surface area contributed by atoms with Crippen LogP contribution < -0.4 is 16.1 Å². The molecule has 28 heavy (non-hydrogen) atoms. The summed E-state index contributed by atoms with van der Waals surface area (Å²) in [5.41, 5.74) is 5.29. The van der Waals surface area contributed by atoms with E-state index in [1.165, 1.54) is 0 Å². The predicted molar refractivity (Wildman–Crippen MR) is 103 cm³/mol. The summed E-state index contributed by atoms with van der Waals surface area (Å²) in [5.74, 6) is 1.23. The predicted octanol–water partition coefficient (Wildman–Crippen LogP) is 1.63. The molecule has 3 aliphatic heterocycles. The van der Waals surface area contributed by atoms with Gasteiger partial charge in [0.05, 0.1) is 5.92 Å². The number of nitrogens with zero attached hydrogens (tertiary/aromatic N) is 3. The number of benzene rings is 1. The summed E-state index contributed by atoms with van der Waals surface area (Å²) < 4.78 is 5.47. The number of carbonyl (C=O) groups is 1. The van der Waals surface area contributed by atoms with Crippen molar-refractivity contribution in [2.45, 2.75) is 24.9 Å². The number of hydrazine groups is 1. The minimum Gasteiger partial charge on any atom is -0.334 e. The van der Waals surface area contributed by atoms with Crippen molar-refractivity contribution in [2.24, 2.45) is 5.92 Å². The number of halogens is 1. The van der Waals surface area contributed by atoms with Gasteiger partial charge in [0.25, 0.3) is 5.89 Å². The third-order valence-electron chi connectivity index (χ3n) is 5.61. The van der Waals surface area contributed by atoms with Crippen LogP contribution in [0.15, 0.2) is 40.6 Å². The molecule has 4 heterocycles. The van der Waals surface area contributed by atoms with E-state index in [4.69, 9.17) is 16.1 Å². The first-order valence-electron chi connectivity index (χ1n) is 9.54. The van der Waals surface area contributed by atoms with Crippen LogP contribution in [0.3, 0.4) is 0 Å². The molecule has 0 spiro atoms. The first-order chi connectivity index (χ1) is 13.7. The molecule has 2 fully saturated rings. The normalized spacial score (nSPS) is 25.4. The highest BCUT2D eigenvalue weighted by atomic mass is 35.5. The quantitative estimate of drug-likeness (QED) is 0.720. The molecule has 1 aromatic carbocycles. The Kier molecular flexibility index (Phi) is 4.54. The number of hydrogen-bond donors (Lipinski definition) is 3. The van der Waals surface area contributed by atoms with Gasteiger partial charge in [0, 0.05) is 34.8 Å². The van der Waals surface area contributed by atoms with Crippen LogP contribution in [0.1, 0.15) is 24.6 Å². The van der Waals surface area contributed by atoms with Gasteiger partial charge in [-0.2, -0.15) is 4.98 Å². The van der Waals surface area contributed by atoms with E-state index in [0.717, 1.165) is 37.2 Å². The topological polar surface area (TPSA) is 95.3 Å². The molecule has 8 nitrogen and oxygen atoms in total. The van der Waals surface area contributed by atoms with Crippen LogP contribution >= 0.6 is 11.6 Å². The zero-order chi connectivity index (χ0) is 19.1. The smallest absolute Gasteiger partial charge is 0.257 e. The summed E-state index contributed by atoms with van der Waals surface area (Å²) in [4.78, 5) is 16.9. The molecule has 3 aliphatic rings. The maximum Gasteiger partial charge on any atom is 0.257 e. The van der Waals surface area contributed by atoms with Gasteiger partial charge in [0.2, 0.25) is 5.91 Å². The van der Waals surface area contributed by atoms with Gasteiger partial charge in [-0.25, -0.2) is 5.43 Å². The first kappa shape index (κ1) is 17.7. The second-order valence-corrected chi connectivity index (χ2v) is 7.79. The Morgan fingerprint density at radius 1 is 1.18 bits per heavy atom. The maximum atomic E-state index is 12.4. The molecule has 2 atom stereocenters. The lowest BCUT2D eigenvalue weighted by Crippen LogP contribution is -2.54. The molecule has 1 amide bonds. The molecule has 0 aliphatic carbocycles. The zero-order valence-electron chi connectivity index (χ0n) is 15.2. The summed E-state index contributed by atoms with van der Waals surface area (Å²) in [5, 5.41) is 13.3. The van der Waals surface area contributed by atoms with Crippen LogP contribution in [0.2, 0.25) is 5.02 Å². The Bertz CT molecular complexity index is 905. The number of aromatic nitrogens is 2. The van der Waals surface area contributed by atoms with E-state index in [9.17, 15) is 4.79 Å². The fraction of sp³-hybridized carbons (Fsp3) is 0.421. The van der Waals surface area contributed by atoms with E-state index in [-0.39, 0.29) is 18.0 Å². The Morgan fingerprint density at radius 3 is 2.75 bits per heavy atom. The van der Waals surface area contributed by atoms with Gasteiger partial charge in [-0.05, 0) is 50.2 Å². The van der Waals surface area contributed by atoms with Crippen molar-refractivity contribution in [1.29, 1.82) is 0 Å². The van der Waals surface area contributed by atoms with Gasteiger partial charge in [-0.1, -0.05) is 16.8 Å². The second kappa shape index (κ2) is 7.20. The number of hydrogen-bond acceptors (Lipinski definition) is 7. The van der Waals surface area contributed by atoms with Crippen LogP contribution in [0, 0.1) is 5.92 Å². The molecule has 5 rings (SSSR count). The number of allylic oxidation sites excluding steroid dienone is 1. The van der Waals surface area contributed by atoms with Crippen LogP contribution in [-0.2, 0) is 4.79 Å². The Labute approximate surface area is 167 Å². The van der Waals surface area contributed by atoms with Gasteiger partial charge in [0.15, 0.2) is 5.82 Å². The summed E-state index contributed by atoms with van der Waals surface area (Å²) in [6, 6.07) is 7.27. The van der Waals surface area contributed by atoms with E-state index < -0.39 is 0 Å².